The molecule has 114 valence electrons. The minimum Gasteiger partial charge on any atom is -0.409 e. The zero-order valence-corrected chi connectivity index (χ0v) is 12.6. The fraction of sp³-hybridized carbons (Fsp3) is 0.500. The average molecular weight is 289 g/mol. The van der Waals surface area contributed by atoms with Crippen molar-refractivity contribution in [2.75, 3.05) is 13.1 Å². The van der Waals surface area contributed by atoms with Gasteiger partial charge in [-0.25, -0.2) is 0 Å². The number of rotatable bonds is 3. The van der Waals surface area contributed by atoms with E-state index in [1.165, 1.54) is 5.56 Å². The van der Waals surface area contributed by atoms with Crippen LogP contribution < -0.4 is 5.73 Å². The van der Waals surface area contributed by atoms with Gasteiger partial charge in [0.05, 0.1) is 0 Å². The second kappa shape index (κ2) is 6.61. The predicted molar refractivity (Wildman–Crippen MR) is 82.6 cm³/mol. The number of likely N-dealkylation sites (tertiary alicyclic amines) is 1. The van der Waals surface area contributed by atoms with E-state index in [0.717, 1.165) is 18.4 Å². The van der Waals surface area contributed by atoms with Gasteiger partial charge in [0.25, 0.3) is 5.91 Å². The van der Waals surface area contributed by atoms with Gasteiger partial charge in [-0.1, -0.05) is 31.1 Å². The minimum absolute atomic E-state index is 0.0586. The van der Waals surface area contributed by atoms with E-state index in [1.54, 1.807) is 0 Å². The van der Waals surface area contributed by atoms with E-state index in [4.69, 9.17) is 10.9 Å². The normalized spacial score (nSPS) is 17.3. The molecule has 1 aromatic carbocycles. The fourth-order valence-electron chi connectivity index (χ4n) is 2.65. The highest BCUT2D eigenvalue weighted by atomic mass is 16.4. The van der Waals surface area contributed by atoms with Gasteiger partial charge in [-0.2, -0.15) is 0 Å². The highest BCUT2D eigenvalue weighted by molar-refractivity contribution is 5.94. The maximum absolute atomic E-state index is 12.4. The van der Waals surface area contributed by atoms with Crippen LogP contribution in [0.15, 0.2) is 29.4 Å². The molecule has 21 heavy (non-hydrogen) atoms. The van der Waals surface area contributed by atoms with Gasteiger partial charge in [0, 0.05) is 24.6 Å². The van der Waals surface area contributed by atoms with E-state index in [-0.39, 0.29) is 17.7 Å². The Bertz CT molecular complexity index is 515. The van der Waals surface area contributed by atoms with Crippen LogP contribution in [0, 0.1) is 5.92 Å². The highest BCUT2D eigenvalue weighted by Gasteiger charge is 2.25. The molecule has 0 unspecified atom stereocenters. The van der Waals surface area contributed by atoms with Crippen LogP contribution in [0.2, 0.25) is 0 Å². The SMILES string of the molecule is CC(C)c1ccc(C(=O)N2CCC(C(N)=NO)CC2)cc1. The van der Waals surface area contributed by atoms with Crippen molar-refractivity contribution in [3.8, 4) is 0 Å². The summed E-state index contributed by atoms with van der Waals surface area (Å²) in [6.07, 6.45) is 1.48. The third kappa shape index (κ3) is 3.54. The summed E-state index contributed by atoms with van der Waals surface area (Å²) < 4.78 is 0. The first-order valence-electron chi connectivity index (χ1n) is 7.39. The van der Waals surface area contributed by atoms with Crippen LogP contribution in [0.4, 0.5) is 0 Å². The van der Waals surface area contributed by atoms with Gasteiger partial charge in [0.15, 0.2) is 0 Å². The fourth-order valence-corrected chi connectivity index (χ4v) is 2.65. The number of carbonyl (C=O) groups excluding carboxylic acids is 1. The van der Waals surface area contributed by atoms with Crippen molar-refractivity contribution in [1.29, 1.82) is 0 Å². The Kier molecular flexibility index (Phi) is 4.83. The summed E-state index contributed by atoms with van der Waals surface area (Å²) in [5.41, 5.74) is 7.58. The maximum Gasteiger partial charge on any atom is 0.253 e. The molecule has 0 aliphatic carbocycles. The lowest BCUT2D eigenvalue weighted by Crippen LogP contribution is -2.41. The smallest absolute Gasteiger partial charge is 0.253 e. The number of hydrogen-bond acceptors (Lipinski definition) is 3. The molecule has 0 atom stereocenters. The zero-order valence-electron chi connectivity index (χ0n) is 12.6. The van der Waals surface area contributed by atoms with Gasteiger partial charge in [0.2, 0.25) is 0 Å². The van der Waals surface area contributed by atoms with Gasteiger partial charge in [-0.05, 0) is 36.5 Å². The quantitative estimate of drug-likeness (QED) is 0.388. The maximum atomic E-state index is 12.4. The number of oxime groups is 1. The molecule has 3 N–H and O–H groups in total. The second-order valence-corrected chi connectivity index (χ2v) is 5.87. The summed E-state index contributed by atoms with van der Waals surface area (Å²) in [6, 6.07) is 7.82. The number of amidine groups is 1. The molecule has 1 fully saturated rings. The standard InChI is InChI=1S/C16H23N3O2/c1-11(2)12-3-5-14(6-4-12)16(20)19-9-7-13(8-10-19)15(17)18-21/h3-6,11,13,21H,7-10H2,1-2H3,(H2,17,18). The molecule has 1 aliphatic heterocycles. The molecule has 0 bridgehead atoms. The number of piperidine rings is 1. The number of amides is 1. The molecule has 5 heteroatoms. The predicted octanol–water partition coefficient (Wildman–Crippen LogP) is 2.41. The van der Waals surface area contributed by atoms with Crippen LogP contribution in [-0.4, -0.2) is 34.9 Å². The van der Waals surface area contributed by atoms with E-state index in [2.05, 4.69) is 19.0 Å². The lowest BCUT2D eigenvalue weighted by molar-refractivity contribution is 0.0709. The molecular formula is C16H23N3O2. The van der Waals surface area contributed by atoms with Crippen LogP contribution in [0.1, 0.15) is 48.5 Å². The molecule has 1 aromatic rings. The first-order valence-corrected chi connectivity index (χ1v) is 7.39. The van der Waals surface area contributed by atoms with Gasteiger partial charge < -0.3 is 15.8 Å². The molecule has 1 saturated heterocycles. The summed E-state index contributed by atoms with van der Waals surface area (Å²) in [5, 5.41) is 11.8. The summed E-state index contributed by atoms with van der Waals surface area (Å²) in [4.78, 5) is 14.3. The molecule has 1 amide bonds. The van der Waals surface area contributed by atoms with Gasteiger partial charge in [-0.3, -0.25) is 4.79 Å². The largest absolute Gasteiger partial charge is 0.409 e. The van der Waals surface area contributed by atoms with Crippen molar-refractivity contribution in [1.82, 2.24) is 4.90 Å². The van der Waals surface area contributed by atoms with Crippen LogP contribution in [-0.2, 0) is 0 Å². The molecule has 1 aliphatic rings. The molecule has 0 radical (unpaired) electrons. The molecular weight excluding hydrogens is 266 g/mol. The van der Waals surface area contributed by atoms with Crippen LogP contribution in [0.25, 0.3) is 0 Å². The Balaban J connectivity index is 1.98. The molecule has 5 nitrogen and oxygen atoms in total. The summed E-state index contributed by atoms with van der Waals surface area (Å²) >= 11 is 0. The second-order valence-electron chi connectivity index (χ2n) is 5.87. The van der Waals surface area contributed by atoms with E-state index in [9.17, 15) is 4.79 Å². The van der Waals surface area contributed by atoms with Crippen molar-refractivity contribution in [2.45, 2.75) is 32.6 Å². The topological polar surface area (TPSA) is 78.9 Å². The Morgan fingerprint density at radius 3 is 2.33 bits per heavy atom. The third-order valence-electron chi connectivity index (χ3n) is 4.14. The number of hydrogen-bond donors (Lipinski definition) is 2. The molecule has 0 saturated carbocycles. The van der Waals surface area contributed by atoms with E-state index < -0.39 is 0 Å². The van der Waals surface area contributed by atoms with Gasteiger partial charge in [0.1, 0.15) is 5.84 Å². The first-order chi connectivity index (χ1) is 10.0. The summed E-state index contributed by atoms with van der Waals surface area (Å²) in [5.74, 6) is 0.861. The molecule has 2 rings (SSSR count). The van der Waals surface area contributed by atoms with Crippen molar-refractivity contribution in [2.24, 2.45) is 16.8 Å². The van der Waals surface area contributed by atoms with E-state index in [0.29, 0.717) is 19.0 Å². The van der Waals surface area contributed by atoms with Crippen LogP contribution in [0.3, 0.4) is 0 Å². The minimum atomic E-state index is 0.0586. The number of benzene rings is 1. The lowest BCUT2D eigenvalue weighted by atomic mass is 9.95. The summed E-state index contributed by atoms with van der Waals surface area (Å²) in [7, 11) is 0. The van der Waals surface area contributed by atoms with Crippen molar-refractivity contribution in [3.05, 3.63) is 35.4 Å². The number of nitrogens with zero attached hydrogens (tertiary/aromatic N) is 2. The van der Waals surface area contributed by atoms with Crippen molar-refractivity contribution >= 4 is 11.7 Å². The van der Waals surface area contributed by atoms with Gasteiger partial charge in [-0.15, -0.1) is 0 Å². The number of nitrogens with two attached hydrogens (primary N) is 1. The van der Waals surface area contributed by atoms with Crippen molar-refractivity contribution < 1.29 is 10.0 Å². The average Bonchev–Trinajstić information content (AvgIpc) is 2.53. The Morgan fingerprint density at radius 1 is 1.29 bits per heavy atom. The van der Waals surface area contributed by atoms with Gasteiger partial charge >= 0.3 is 0 Å². The van der Waals surface area contributed by atoms with E-state index in [1.807, 2.05) is 29.2 Å². The Labute approximate surface area is 125 Å². The zero-order chi connectivity index (χ0) is 15.4. The first kappa shape index (κ1) is 15.4. The lowest BCUT2D eigenvalue weighted by Gasteiger charge is -2.31. The summed E-state index contributed by atoms with van der Waals surface area (Å²) in [6.45, 7) is 5.56. The molecule has 0 aromatic heterocycles. The highest BCUT2D eigenvalue weighted by Crippen LogP contribution is 2.20. The van der Waals surface area contributed by atoms with Crippen molar-refractivity contribution in [3.63, 3.8) is 0 Å². The molecule has 0 spiro atoms. The van der Waals surface area contributed by atoms with E-state index >= 15 is 0 Å². The Hall–Kier alpha value is -2.04. The number of carbonyl (C=O) groups is 1. The molecule has 1 heterocycles. The monoisotopic (exact) mass is 289 g/mol. The Morgan fingerprint density at radius 2 is 1.86 bits per heavy atom. The van der Waals surface area contributed by atoms with Crippen LogP contribution >= 0.6 is 0 Å². The third-order valence-corrected chi connectivity index (χ3v) is 4.14. The van der Waals surface area contributed by atoms with Crippen LogP contribution in [0.5, 0.6) is 0 Å².